The Morgan fingerprint density at radius 2 is 2.32 bits per heavy atom. The molecule has 0 bridgehead atoms. The average molecular weight is 263 g/mol. The van der Waals surface area contributed by atoms with Crippen molar-refractivity contribution in [2.45, 2.75) is 25.4 Å². The highest BCUT2D eigenvalue weighted by molar-refractivity contribution is 6.02. The third-order valence-corrected chi connectivity index (χ3v) is 4.03. The van der Waals surface area contributed by atoms with Gasteiger partial charge < -0.3 is 15.5 Å². The molecule has 1 amide bonds. The van der Waals surface area contributed by atoms with Crippen LogP contribution in [0.2, 0.25) is 0 Å². The second-order valence-electron chi connectivity index (χ2n) is 5.17. The Morgan fingerprint density at radius 1 is 1.47 bits per heavy atom. The molecule has 1 unspecified atom stereocenters. The summed E-state index contributed by atoms with van der Waals surface area (Å²) in [6.07, 6.45) is 1.93. The van der Waals surface area contributed by atoms with Gasteiger partial charge in [0, 0.05) is 13.1 Å². The molecule has 1 aromatic carbocycles. The molecule has 1 atom stereocenters. The predicted octanol–water partition coefficient (Wildman–Crippen LogP) is 1.48. The van der Waals surface area contributed by atoms with Gasteiger partial charge in [-0.2, -0.15) is 0 Å². The molecule has 2 heterocycles. The summed E-state index contributed by atoms with van der Waals surface area (Å²) in [4.78, 5) is 14.4. The van der Waals surface area contributed by atoms with Crippen molar-refractivity contribution < 1.29 is 9.18 Å². The van der Waals surface area contributed by atoms with E-state index in [4.69, 9.17) is 0 Å². The number of halogens is 1. The van der Waals surface area contributed by atoms with E-state index < -0.39 is 0 Å². The number of hydrogen-bond donors (Lipinski definition) is 2. The van der Waals surface area contributed by atoms with Crippen molar-refractivity contribution in [1.29, 1.82) is 0 Å². The molecular weight excluding hydrogens is 245 g/mol. The molecule has 5 heteroatoms. The van der Waals surface area contributed by atoms with Crippen LogP contribution in [-0.4, -0.2) is 31.2 Å². The number of likely N-dealkylation sites (N-methyl/N-ethyl adjacent to an activating group) is 1. The summed E-state index contributed by atoms with van der Waals surface area (Å²) in [5.74, 6) is -0.550. The lowest BCUT2D eigenvalue weighted by atomic mass is 9.92. The number of anilines is 1. The molecule has 102 valence electrons. The van der Waals surface area contributed by atoms with Gasteiger partial charge in [0.15, 0.2) is 0 Å². The van der Waals surface area contributed by atoms with Crippen molar-refractivity contribution in [2.75, 3.05) is 24.5 Å². The highest BCUT2D eigenvalue weighted by atomic mass is 19.1. The van der Waals surface area contributed by atoms with Crippen LogP contribution in [0.5, 0.6) is 0 Å². The zero-order chi connectivity index (χ0) is 13.5. The van der Waals surface area contributed by atoms with E-state index in [2.05, 4.69) is 22.5 Å². The smallest absolute Gasteiger partial charge is 0.255 e. The van der Waals surface area contributed by atoms with E-state index in [-0.39, 0.29) is 17.4 Å². The van der Waals surface area contributed by atoms with Crippen molar-refractivity contribution in [3.63, 3.8) is 0 Å². The number of nitrogens with zero attached hydrogens (tertiary/aromatic N) is 1. The molecule has 1 aromatic rings. The lowest BCUT2D eigenvalue weighted by molar-refractivity contribution is 0.0856. The quantitative estimate of drug-likeness (QED) is 0.806. The van der Waals surface area contributed by atoms with Crippen LogP contribution in [0, 0.1) is 5.82 Å². The molecule has 19 heavy (non-hydrogen) atoms. The number of carbonyl (C=O) groups excluding carboxylic acids is 1. The van der Waals surface area contributed by atoms with Crippen LogP contribution in [0.4, 0.5) is 10.1 Å². The third-order valence-electron chi connectivity index (χ3n) is 4.03. The summed E-state index contributed by atoms with van der Waals surface area (Å²) in [6.45, 7) is 4.54. The van der Waals surface area contributed by atoms with Crippen molar-refractivity contribution in [3.05, 3.63) is 29.6 Å². The van der Waals surface area contributed by atoms with E-state index in [1.165, 1.54) is 12.1 Å². The molecule has 1 spiro atoms. The summed E-state index contributed by atoms with van der Waals surface area (Å²) in [6, 6.07) is 4.45. The second kappa shape index (κ2) is 4.49. The number of piperidine rings is 1. The zero-order valence-electron chi connectivity index (χ0n) is 11.0. The molecule has 0 saturated carbocycles. The number of carbonyl (C=O) groups is 1. The summed E-state index contributed by atoms with van der Waals surface area (Å²) in [7, 11) is 0. The topological polar surface area (TPSA) is 44.4 Å². The highest BCUT2D eigenvalue weighted by Gasteiger charge is 2.43. The van der Waals surface area contributed by atoms with Gasteiger partial charge in [-0.1, -0.05) is 0 Å². The van der Waals surface area contributed by atoms with Gasteiger partial charge in [-0.3, -0.25) is 4.79 Å². The SMILES string of the molecule is CCN1c2ccc(F)cc2C(=O)NC12CCCNC2. The normalized spacial score (nSPS) is 26.2. The summed E-state index contributed by atoms with van der Waals surface area (Å²) >= 11 is 0. The number of fused-ring (bicyclic) bond motifs is 1. The molecule has 1 fully saturated rings. The van der Waals surface area contributed by atoms with Crippen LogP contribution in [0.25, 0.3) is 0 Å². The highest BCUT2D eigenvalue weighted by Crippen LogP contribution is 2.34. The number of hydrogen-bond acceptors (Lipinski definition) is 3. The molecule has 2 N–H and O–H groups in total. The first-order valence-corrected chi connectivity index (χ1v) is 6.77. The fourth-order valence-corrected chi connectivity index (χ4v) is 3.20. The predicted molar refractivity (Wildman–Crippen MR) is 71.7 cm³/mol. The molecule has 2 aliphatic heterocycles. The molecule has 0 aliphatic carbocycles. The number of amides is 1. The standard InChI is InChI=1S/C14H18FN3O/c1-2-18-12-5-4-10(15)8-11(12)13(19)17-14(18)6-3-7-16-9-14/h4-5,8,16H,2-3,6-7,9H2,1H3,(H,17,19). The van der Waals surface area contributed by atoms with Gasteiger partial charge in [0.2, 0.25) is 0 Å². The van der Waals surface area contributed by atoms with Crippen molar-refractivity contribution in [3.8, 4) is 0 Å². The minimum Gasteiger partial charge on any atom is -0.347 e. The summed E-state index contributed by atoms with van der Waals surface area (Å²) < 4.78 is 13.3. The second-order valence-corrected chi connectivity index (χ2v) is 5.17. The fraction of sp³-hybridized carbons (Fsp3) is 0.500. The van der Waals surface area contributed by atoms with E-state index >= 15 is 0 Å². The van der Waals surface area contributed by atoms with Gasteiger partial charge in [0.25, 0.3) is 5.91 Å². The minimum absolute atomic E-state index is 0.178. The Bertz CT molecular complexity index is 511. The Hall–Kier alpha value is -1.62. The lowest BCUT2D eigenvalue weighted by Gasteiger charge is -2.51. The average Bonchev–Trinajstić information content (AvgIpc) is 2.41. The molecule has 0 aromatic heterocycles. The Kier molecular flexibility index (Phi) is 2.93. The first-order valence-electron chi connectivity index (χ1n) is 6.77. The lowest BCUT2D eigenvalue weighted by Crippen LogP contribution is -2.70. The molecule has 0 radical (unpaired) electrons. The van der Waals surface area contributed by atoms with Gasteiger partial charge >= 0.3 is 0 Å². The van der Waals surface area contributed by atoms with Crippen molar-refractivity contribution in [1.82, 2.24) is 10.6 Å². The summed E-state index contributed by atoms with van der Waals surface area (Å²) in [5, 5.41) is 6.42. The monoisotopic (exact) mass is 263 g/mol. The molecular formula is C14H18FN3O. The molecule has 4 nitrogen and oxygen atoms in total. The maximum atomic E-state index is 13.3. The molecule has 3 rings (SSSR count). The van der Waals surface area contributed by atoms with Gasteiger partial charge in [0.05, 0.1) is 11.3 Å². The van der Waals surface area contributed by atoms with Gasteiger partial charge in [-0.25, -0.2) is 4.39 Å². The van der Waals surface area contributed by atoms with Crippen LogP contribution >= 0.6 is 0 Å². The van der Waals surface area contributed by atoms with Crippen LogP contribution in [0.1, 0.15) is 30.1 Å². The largest absolute Gasteiger partial charge is 0.347 e. The van der Waals surface area contributed by atoms with Gasteiger partial charge in [0.1, 0.15) is 11.5 Å². The minimum atomic E-state index is -0.373. The number of benzene rings is 1. The van der Waals surface area contributed by atoms with Gasteiger partial charge in [-0.15, -0.1) is 0 Å². The number of nitrogens with one attached hydrogen (secondary N) is 2. The Labute approximate surface area is 112 Å². The fourth-order valence-electron chi connectivity index (χ4n) is 3.20. The van der Waals surface area contributed by atoms with Crippen LogP contribution in [0.3, 0.4) is 0 Å². The van der Waals surface area contributed by atoms with E-state index in [0.717, 1.165) is 38.2 Å². The molecule has 2 aliphatic rings. The van der Waals surface area contributed by atoms with Crippen LogP contribution in [0.15, 0.2) is 18.2 Å². The van der Waals surface area contributed by atoms with Crippen molar-refractivity contribution in [2.24, 2.45) is 0 Å². The van der Waals surface area contributed by atoms with Crippen LogP contribution in [-0.2, 0) is 0 Å². The van der Waals surface area contributed by atoms with E-state index in [1.807, 2.05) is 0 Å². The maximum absolute atomic E-state index is 13.3. The first-order chi connectivity index (χ1) is 9.16. The van der Waals surface area contributed by atoms with Crippen molar-refractivity contribution >= 4 is 11.6 Å². The molecule has 1 saturated heterocycles. The van der Waals surface area contributed by atoms with E-state index in [9.17, 15) is 9.18 Å². The van der Waals surface area contributed by atoms with E-state index in [0.29, 0.717) is 5.56 Å². The Morgan fingerprint density at radius 3 is 3.00 bits per heavy atom. The Balaban J connectivity index is 2.08. The van der Waals surface area contributed by atoms with Gasteiger partial charge in [-0.05, 0) is 44.5 Å². The number of rotatable bonds is 1. The summed E-state index contributed by atoms with van der Waals surface area (Å²) in [5.41, 5.74) is 0.893. The third kappa shape index (κ3) is 1.89. The van der Waals surface area contributed by atoms with E-state index in [1.54, 1.807) is 6.07 Å². The van der Waals surface area contributed by atoms with Crippen LogP contribution < -0.4 is 15.5 Å². The maximum Gasteiger partial charge on any atom is 0.255 e. The zero-order valence-corrected chi connectivity index (χ0v) is 11.0. The first kappa shape index (κ1) is 12.4.